The van der Waals surface area contributed by atoms with Crippen molar-refractivity contribution in [3.05, 3.63) is 81.6 Å². The number of aromatic nitrogens is 4. The molecule has 1 aliphatic carbocycles. The van der Waals surface area contributed by atoms with Crippen molar-refractivity contribution in [2.24, 2.45) is 5.92 Å². The summed E-state index contributed by atoms with van der Waals surface area (Å²) in [5, 5.41) is 12.5. The van der Waals surface area contributed by atoms with E-state index in [2.05, 4.69) is 15.3 Å². The summed E-state index contributed by atoms with van der Waals surface area (Å²) < 4.78 is 49.0. The van der Waals surface area contributed by atoms with Gasteiger partial charge in [-0.1, -0.05) is 23.7 Å². The molecule has 1 aliphatic rings. The summed E-state index contributed by atoms with van der Waals surface area (Å²) in [5.41, 5.74) is -1.07. The Morgan fingerprint density at radius 1 is 1.07 bits per heavy atom. The molecule has 1 fully saturated rings. The summed E-state index contributed by atoms with van der Waals surface area (Å²) in [6, 6.07) is 11.5. The van der Waals surface area contributed by atoms with Crippen molar-refractivity contribution in [3.63, 3.8) is 0 Å². The summed E-state index contributed by atoms with van der Waals surface area (Å²) in [6.45, 7) is 3.77. The molecule has 0 atom stereocenters. The van der Waals surface area contributed by atoms with Gasteiger partial charge in [0.15, 0.2) is 5.69 Å². The van der Waals surface area contributed by atoms with Crippen molar-refractivity contribution >= 4 is 28.5 Å². The van der Waals surface area contributed by atoms with Gasteiger partial charge < -0.3 is 15.2 Å². The number of fused-ring (bicyclic) bond motifs is 1. The average molecular weight is 618 g/mol. The fourth-order valence-corrected chi connectivity index (χ4v) is 5.48. The number of carbonyl (C=O) groups excluding carboxylic acids is 1. The summed E-state index contributed by atoms with van der Waals surface area (Å²) in [4.78, 5) is 34.1. The molecule has 0 aliphatic heterocycles. The van der Waals surface area contributed by atoms with Crippen LogP contribution in [0.5, 0.6) is 5.88 Å². The van der Waals surface area contributed by atoms with Gasteiger partial charge in [0.25, 0.3) is 5.91 Å². The lowest BCUT2D eigenvalue weighted by molar-refractivity contribution is -0.141. The molecule has 13 heteroatoms. The van der Waals surface area contributed by atoms with E-state index in [1.54, 1.807) is 41.3 Å². The lowest BCUT2D eigenvalue weighted by Crippen LogP contribution is -2.39. The van der Waals surface area contributed by atoms with E-state index in [4.69, 9.17) is 16.3 Å². The summed E-state index contributed by atoms with van der Waals surface area (Å²) in [7, 11) is 0. The number of ether oxygens (including phenoxy) is 1. The van der Waals surface area contributed by atoms with Crippen LogP contribution in [0.3, 0.4) is 0 Å². The number of imidazole rings is 1. The summed E-state index contributed by atoms with van der Waals surface area (Å²) >= 11 is 5.82. The Balaban J connectivity index is 1.28. The zero-order valence-electron chi connectivity index (χ0n) is 23.6. The van der Waals surface area contributed by atoms with Crippen LogP contribution in [0.25, 0.3) is 16.7 Å². The highest BCUT2D eigenvalue weighted by Gasteiger charge is 2.38. The molecule has 1 saturated carbocycles. The van der Waals surface area contributed by atoms with Crippen molar-refractivity contribution in [2.75, 3.05) is 6.61 Å². The number of pyridine rings is 2. The Labute approximate surface area is 250 Å². The molecule has 1 aromatic carbocycles. The smallest absolute Gasteiger partial charge is 0.434 e. The first-order chi connectivity index (χ1) is 20.3. The molecule has 5 rings (SSSR count). The van der Waals surface area contributed by atoms with Crippen LogP contribution in [0.1, 0.15) is 55.6 Å². The van der Waals surface area contributed by atoms with Gasteiger partial charge in [0.1, 0.15) is 6.61 Å². The molecule has 3 aromatic heterocycles. The number of carbonyl (C=O) groups is 1. The second-order valence-corrected chi connectivity index (χ2v) is 11.8. The number of nitrogens with one attached hydrogen (secondary N) is 1. The number of amides is 1. The number of rotatable bonds is 8. The minimum absolute atomic E-state index is 0.0581. The van der Waals surface area contributed by atoms with Crippen LogP contribution in [0.4, 0.5) is 13.2 Å². The van der Waals surface area contributed by atoms with Crippen LogP contribution in [0.15, 0.2) is 59.7 Å². The summed E-state index contributed by atoms with van der Waals surface area (Å²) in [6.07, 6.45) is 0.0718. The van der Waals surface area contributed by atoms with E-state index >= 15 is 0 Å². The van der Waals surface area contributed by atoms with E-state index < -0.39 is 28.9 Å². The number of nitrogens with zero attached hydrogens (tertiary/aromatic N) is 4. The second-order valence-electron chi connectivity index (χ2n) is 11.4. The van der Waals surface area contributed by atoms with Gasteiger partial charge in [0.2, 0.25) is 5.88 Å². The highest BCUT2D eigenvalue weighted by atomic mass is 35.5. The SMILES string of the molecule is CC(C)(O)COc1ccc(-n2c(=O)n(CC3CCC(NC(=O)c4cc(Cl)cnc4C(F)(F)F)CC3)c3ccccc32)cn1. The molecular weight excluding hydrogens is 587 g/mol. The van der Waals surface area contributed by atoms with Crippen molar-refractivity contribution in [3.8, 4) is 11.6 Å². The zero-order valence-corrected chi connectivity index (χ0v) is 24.3. The molecule has 3 heterocycles. The Hall–Kier alpha value is -3.90. The highest BCUT2D eigenvalue weighted by Crippen LogP contribution is 2.32. The normalized spacial score (nSPS) is 17.7. The summed E-state index contributed by atoms with van der Waals surface area (Å²) in [5.74, 6) is -0.414. The van der Waals surface area contributed by atoms with Crippen molar-refractivity contribution < 1.29 is 27.8 Å². The Kier molecular flexibility index (Phi) is 8.53. The molecule has 4 aromatic rings. The van der Waals surface area contributed by atoms with Gasteiger partial charge in [-0.05, 0) is 69.7 Å². The molecule has 43 heavy (non-hydrogen) atoms. The number of benzene rings is 1. The van der Waals surface area contributed by atoms with Crippen molar-refractivity contribution in [2.45, 2.75) is 63.9 Å². The van der Waals surface area contributed by atoms with Crippen LogP contribution in [0.2, 0.25) is 5.02 Å². The Morgan fingerprint density at radius 3 is 2.40 bits per heavy atom. The molecule has 1 amide bonds. The minimum Gasteiger partial charge on any atom is -0.475 e. The van der Waals surface area contributed by atoms with E-state index in [1.807, 2.05) is 24.3 Å². The Bertz CT molecular complexity index is 1670. The second kappa shape index (κ2) is 12.0. The number of alkyl halides is 3. The van der Waals surface area contributed by atoms with Gasteiger partial charge in [-0.2, -0.15) is 13.2 Å². The molecule has 228 valence electrons. The first kappa shape index (κ1) is 30.6. The lowest BCUT2D eigenvalue weighted by atomic mass is 9.85. The minimum atomic E-state index is -4.79. The molecule has 0 bridgehead atoms. The first-order valence-electron chi connectivity index (χ1n) is 13.9. The maximum atomic E-state index is 13.7. The third-order valence-corrected chi connectivity index (χ3v) is 7.58. The van der Waals surface area contributed by atoms with Crippen molar-refractivity contribution in [1.82, 2.24) is 24.4 Å². The van der Waals surface area contributed by atoms with Gasteiger partial charge in [0, 0.05) is 24.8 Å². The van der Waals surface area contributed by atoms with E-state index in [1.165, 1.54) is 0 Å². The number of hydrogen-bond donors (Lipinski definition) is 2. The quantitative estimate of drug-likeness (QED) is 0.274. The van der Waals surface area contributed by atoms with Gasteiger partial charge in [0.05, 0.1) is 39.1 Å². The first-order valence-corrected chi connectivity index (χ1v) is 14.2. The predicted octanol–water partition coefficient (Wildman–Crippen LogP) is 5.39. The number of hydrogen-bond acceptors (Lipinski definition) is 6. The van der Waals surface area contributed by atoms with E-state index in [0.717, 1.165) is 23.3 Å². The number of para-hydroxylation sites is 2. The fraction of sp³-hybridized carbons (Fsp3) is 0.400. The van der Waals surface area contributed by atoms with Gasteiger partial charge >= 0.3 is 11.9 Å². The maximum Gasteiger partial charge on any atom is 0.434 e. The molecule has 0 radical (unpaired) electrons. The van der Waals surface area contributed by atoms with Crippen molar-refractivity contribution in [1.29, 1.82) is 0 Å². The lowest BCUT2D eigenvalue weighted by Gasteiger charge is -2.29. The molecule has 9 nitrogen and oxygen atoms in total. The van der Waals surface area contributed by atoms with E-state index in [-0.39, 0.29) is 29.3 Å². The molecular formula is C30H31ClF3N5O4. The largest absolute Gasteiger partial charge is 0.475 e. The molecule has 2 N–H and O–H groups in total. The van der Waals surface area contributed by atoms with Gasteiger partial charge in [-0.15, -0.1) is 0 Å². The third kappa shape index (κ3) is 7.02. The average Bonchev–Trinajstić information content (AvgIpc) is 3.23. The van der Waals surface area contributed by atoms with Crippen LogP contribution >= 0.6 is 11.6 Å². The molecule has 0 spiro atoms. The van der Waals surface area contributed by atoms with Gasteiger partial charge in [-0.25, -0.2) is 14.8 Å². The predicted molar refractivity (Wildman–Crippen MR) is 155 cm³/mol. The molecule has 0 saturated heterocycles. The monoisotopic (exact) mass is 617 g/mol. The van der Waals surface area contributed by atoms with E-state index in [9.17, 15) is 27.9 Å². The standard InChI is InChI=1S/C30H31ClF3N5O4/c1-29(2,42)17-43-25-12-11-21(15-35-25)39-24-6-4-3-5-23(24)38(28(39)41)16-18-7-9-20(10-8-18)37-27(40)22-13-19(31)14-36-26(22)30(32,33)34/h3-6,11-15,18,20,42H,7-10,16-17H2,1-2H3,(H,37,40). The van der Waals surface area contributed by atoms with E-state index in [0.29, 0.717) is 43.8 Å². The topological polar surface area (TPSA) is 111 Å². The fourth-order valence-electron chi connectivity index (χ4n) is 5.32. The van der Waals surface area contributed by atoms with Crippen LogP contribution in [0, 0.1) is 5.92 Å². The maximum absolute atomic E-state index is 13.7. The Morgan fingerprint density at radius 2 is 1.77 bits per heavy atom. The molecule has 0 unspecified atom stereocenters. The number of halogens is 4. The third-order valence-electron chi connectivity index (χ3n) is 7.38. The van der Waals surface area contributed by atoms with Crippen LogP contribution in [-0.2, 0) is 12.7 Å². The zero-order chi connectivity index (χ0) is 30.9. The van der Waals surface area contributed by atoms with Crippen LogP contribution in [-0.4, -0.2) is 48.4 Å². The highest BCUT2D eigenvalue weighted by molar-refractivity contribution is 6.30. The number of aliphatic hydroxyl groups is 1. The van der Waals surface area contributed by atoms with Gasteiger partial charge in [-0.3, -0.25) is 13.9 Å². The van der Waals surface area contributed by atoms with Crippen LogP contribution < -0.4 is 15.7 Å².